The highest BCUT2D eigenvalue weighted by Crippen LogP contribution is 2.39. The van der Waals surface area contributed by atoms with E-state index in [0.717, 1.165) is 25.9 Å². The maximum absolute atomic E-state index is 11.3. The molecule has 0 spiro atoms. The molecular weight excluding hydrogens is 737 g/mol. The zero-order valence-electron chi connectivity index (χ0n) is 16.6. The highest BCUT2D eigenvalue weighted by Gasteiger charge is 2.24. The van der Waals surface area contributed by atoms with E-state index in [4.69, 9.17) is 25.7 Å². The van der Waals surface area contributed by atoms with Crippen molar-refractivity contribution in [1.82, 2.24) is 0 Å². The molecule has 0 saturated carbocycles. The number of urea groups is 2. The second kappa shape index (κ2) is 12.4. The number of hydrogen-bond acceptors (Lipinski definition) is 6. The van der Waals surface area contributed by atoms with Crippen molar-refractivity contribution in [3.8, 4) is 0 Å². The summed E-state index contributed by atoms with van der Waals surface area (Å²) >= 11 is 6.14. The Bertz CT molecular complexity index is 811. The molecule has 1 aliphatic heterocycles. The van der Waals surface area contributed by atoms with Gasteiger partial charge in [-0.3, -0.25) is 4.79 Å². The first kappa shape index (κ1) is 27.4. The molecule has 4 amide bonds. The zero-order valence-corrected chi connectivity index (χ0v) is 23.0. The first-order chi connectivity index (χ1) is 13.9. The summed E-state index contributed by atoms with van der Waals surface area (Å²) in [6, 6.07) is -1.45. The Kier molecular flexibility index (Phi) is 11.3. The van der Waals surface area contributed by atoms with Crippen molar-refractivity contribution >= 4 is 97.2 Å². The summed E-state index contributed by atoms with van der Waals surface area (Å²) in [6.07, 6.45) is 0.385. The number of esters is 1. The van der Waals surface area contributed by atoms with Gasteiger partial charge in [-0.2, -0.15) is 0 Å². The molecule has 1 aromatic rings. The van der Waals surface area contributed by atoms with Gasteiger partial charge in [0.2, 0.25) is 0 Å². The van der Waals surface area contributed by atoms with E-state index in [2.05, 4.69) is 55.8 Å². The van der Waals surface area contributed by atoms with Crippen molar-refractivity contribution in [2.75, 3.05) is 30.5 Å². The highest BCUT2D eigenvalue weighted by molar-refractivity contribution is 14.1. The molecule has 13 heteroatoms. The van der Waals surface area contributed by atoms with E-state index in [1.165, 1.54) is 6.92 Å². The lowest BCUT2D eigenvalue weighted by Gasteiger charge is -2.19. The molecule has 30 heavy (non-hydrogen) atoms. The third-order valence-corrected chi connectivity index (χ3v) is 7.93. The summed E-state index contributed by atoms with van der Waals surface area (Å²) in [6.45, 7) is 6.80. The van der Waals surface area contributed by atoms with E-state index < -0.39 is 12.1 Å². The predicted molar refractivity (Wildman–Crippen MR) is 137 cm³/mol. The molecule has 0 atom stereocenters. The topological polar surface area (TPSA) is 155 Å². The summed E-state index contributed by atoms with van der Waals surface area (Å²) in [5.74, 6) is -0.694. The van der Waals surface area contributed by atoms with Crippen LogP contribution in [0.15, 0.2) is 0 Å². The molecule has 0 aliphatic carbocycles. The lowest BCUT2D eigenvalue weighted by molar-refractivity contribution is -0.140. The SMILES string of the molecule is CC(=O)OCCc1c(I)c(I)c(NC(N)=O)c(I)c1NC(N)=O.CC1(C)OCCO1. The second-order valence-corrected chi connectivity index (χ2v) is 9.57. The van der Waals surface area contributed by atoms with Crippen molar-refractivity contribution in [2.45, 2.75) is 33.0 Å². The van der Waals surface area contributed by atoms with Crippen LogP contribution in [-0.4, -0.2) is 43.6 Å². The fraction of sp³-hybridized carbons (Fsp3) is 0.471. The molecule has 168 valence electrons. The van der Waals surface area contributed by atoms with Gasteiger partial charge in [0.05, 0.1) is 38.3 Å². The van der Waals surface area contributed by atoms with Gasteiger partial charge in [-0.05, 0) is 87.2 Å². The number of carbonyl (C=O) groups is 3. The van der Waals surface area contributed by atoms with E-state index in [1.54, 1.807) is 0 Å². The Morgan fingerprint density at radius 1 is 0.967 bits per heavy atom. The first-order valence-electron chi connectivity index (χ1n) is 8.59. The van der Waals surface area contributed by atoms with Crippen molar-refractivity contribution in [3.05, 3.63) is 16.3 Å². The summed E-state index contributed by atoms with van der Waals surface area (Å²) in [7, 11) is 0. The van der Waals surface area contributed by atoms with E-state index in [-0.39, 0.29) is 18.4 Å². The summed E-state index contributed by atoms with van der Waals surface area (Å²) in [4.78, 5) is 33.4. The van der Waals surface area contributed by atoms with Crippen molar-refractivity contribution < 1.29 is 28.6 Å². The molecular formula is C17H23I3N4O6. The second-order valence-electron chi connectivity index (χ2n) is 6.34. The Labute approximate surface area is 215 Å². The lowest BCUT2D eigenvalue weighted by Crippen LogP contribution is -2.25. The Hall–Kier alpha value is -0.660. The number of anilines is 2. The van der Waals surface area contributed by atoms with Gasteiger partial charge in [0.15, 0.2) is 5.79 Å². The van der Waals surface area contributed by atoms with Crippen LogP contribution in [0.3, 0.4) is 0 Å². The minimum atomic E-state index is -0.737. The van der Waals surface area contributed by atoms with Crippen LogP contribution in [-0.2, 0) is 25.4 Å². The molecule has 1 heterocycles. The largest absolute Gasteiger partial charge is 0.466 e. The quantitative estimate of drug-likeness (QED) is 0.205. The van der Waals surface area contributed by atoms with Gasteiger partial charge in [0.1, 0.15) is 0 Å². The molecule has 1 aliphatic rings. The van der Waals surface area contributed by atoms with Gasteiger partial charge in [-0.15, -0.1) is 0 Å². The van der Waals surface area contributed by atoms with Crippen LogP contribution in [0.2, 0.25) is 0 Å². The van der Waals surface area contributed by atoms with E-state index in [9.17, 15) is 14.4 Å². The van der Waals surface area contributed by atoms with Crippen LogP contribution in [0.25, 0.3) is 0 Å². The molecule has 1 aromatic carbocycles. The van der Waals surface area contributed by atoms with E-state index in [0.29, 0.717) is 21.4 Å². The third kappa shape index (κ3) is 8.83. The fourth-order valence-electron chi connectivity index (χ4n) is 2.34. The number of hydrogen-bond donors (Lipinski definition) is 4. The molecule has 0 bridgehead atoms. The minimum absolute atomic E-state index is 0.160. The minimum Gasteiger partial charge on any atom is -0.466 e. The standard InChI is InChI=1S/C12H13I3N4O4.C5H10O2/c1-4(20)23-3-2-5-6(13)7(14)10(19-12(17)22)8(15)9(5)18-11(16)21;1-5(2)6-3-4-7-5/h2-3H2,1H3,(H3,16,18,21)(H3,17,19,22);3-4H2,1-2H3. The molecule has 6 N–H and O–H groups in total. The molecule has 0 radical (unpaired) electrons. The van der Waals surface area contributed by atoms with Crippen LogP contribution >= 0.6 is 67.8 Å². The Morgan fingerprint density at radius 2 is 1.47 bits per heavy atom. The number of nitrogens with one attached hydrogen (secondary N) is 2. The monoisotopic (exact) mass is 760 g/mol. The number of nitrogens with two attached hydrogens (primary N) is 2. The number of halogens is 3. The van der Waals surface area contributed by atoms with Gasteiger partial charge in [0.25, 0.3) is 0 Å². The molecule has 0 unspecified atom stereocenters. The van der Waals surface area contributed by atoms with Gasteiger partial charge in [0, 0.05) is 16.9 Å². The van der Waals surface area contributed by atoms with Gasteiger partial charge >= 0.3 is 18.0 Å². The number of amides is 4. The normalized spacial score (nSPS) is 14.3. The van der Waals surface area contributed by atoms with Crippen molar-refractivity contribution in [3.63, 3.8) is 0 Å². The fourth-order valence-corrected chi connectivity index (χ4v) is 5.26. The predicted octanol–water partition coefficient (Wildman–Crippen LogP) is 3.36. The first-order valence-corrected chi connectivity index (χ1v) is 11.8. The average Bonchev–Trinajstić information content (AvgIpc) is 3.03. The molecule has 1 saturated heterocycles. The van der Waals surface area contributed by atoms with Crippen LogP contribution in [0.1, 0.15) is 26.3 Å². The van der Waals surface area contributed by atoms with Crippen LogP contribution in [0.4, 0.5) is 21.0 Å². The number of primary amides is 2. The van der Waals surface area contributed by atoms with Gasteiger partial charge < -0.3 is 36.3 Å². The van der Waals surface area contributed by atoms with Gasteiger partial charge in [-0.1, -0.05) is 0 Å². The third-order valence-electron chi connectivity index (χ3n) is 3.55. The zero-order chi connectivity index (χ0) is 23.1. The van der Waals surface area contributed by atoms with E-state index >= 15 is 0 Å². The van der Waals surface area contributed by atoms with Crippen LogP contribution in [0, 0.1) is 10.7 Å². The summed E-state index contributed by atoms with van der Waals surface area (Å²) < 4.78 is 17.3. The summed E-state index contributed by atoms with van der Waals surface area (Å²) in [5.41, 5.74) is 12.1. The molecule has 10 nitrogen and oxygen atoms in total. The van der Waals surface area contributed by atoms with E-state index in [1.807, 2.05) is 36.4 Å². The molecule has 1 fully saturated rings. The highest BCUT2D eigenvalue weighted by atomic mass is 127. The van der Waals surface area contributed by atoms with Crippen LogP contribution in [0.5, 0.6) is 0 Å². The molecule has 2 rings (SSSR count). The Balaban J connectivity index is 0.000000539. The summed E-state index contributed by atoms with van der Waals surface area (Å²) in [5, 5.41) is 5.09. The lowest BCUT2D eigenvalue weighted by atomic mass is 10.1. The number of rotatable bonds is 5. The van der Waals surface area contributed by atoms with Crippen molar-refractivity contribution in [2.24, 2.45) is 11.5 Å². The van der Waals surface area contributed by atoms with Gasteiger partial charge in [-0.25, -0.2) is 9.59 Å². The number of ether oxygens (including phenoxy) is 3. The molecule has 0 aromatic heterocycles. The number of benzene rings is 1. The smallest absolute Gasteiger partial charge is 0.316 e. The number of carbonyl (C=O) groups excluding carboxylic acids is 3. The van der Waals surface area contributed by atoms with Crippen LogP contribution < -0.4 is 22.1 Å². The Morgan fingerprint density at radius 3 is 1.87 bits per heavy atom. The average molecular weight is 760 g/mol. The maximum atomic E-state index is 11.3. The maximum Gasteiger partial charge on any atom is 0.316 e. The van der Waals surface area contributed by atoms with Crippen molar-refractivity contribution in [1.29, 1.82) is 0 Å².